The quantitative estimate of drug-likeness (QED) is 0.0256. The molecule has 0 fully saturated rings. The Labute approximate surface area is 841 Å². The van der Waals surface area contributed by atoms with Crippen LogP contribution in [-0.2, 0) is 32.1 Å². The molecule has 143 heavy (non-hydrogen) atoms. The molecule has 0 atom stereocenters. The lowest BCUT2D eigenvalue weighted by atomic mass is 10.1. The summed E-state index contributed by atoms with van der Waals surface area (Å²) in [5.41, 5.74) is 17.5. The minimum absolute atomic E-state index is 0.0904. The van der Waals surface area contributed by atoms with Crippen LogP contribution >= 0.6 is 0 Å². The van der Waals surface area contributed by atoms with Crippen molar-refractivity contribution in [1.82, 2.24) is 131 Å². The van der Waals surface area contributed by atoms with Crippen molar-refractivity contribution in [3.05, 3.63) is 350 Å². The largest absolute Gasteiger partial charge is 0.358 e. The Morgan fingerprint density at radius 1 is 0.245 bits per heavy atom. The normalized spacial score (nSPS) is 11.1. The van der Waals surface area contributed by atoms with Gasteiger partial charge in [-0.3, -0.25) is 44.6 Å². The second-order valence-electron chi connectivity index (χ2n) is 34.9. The van der Waals surface area contributed by atoms with Crippen LogP contribution in [0.5, 0.6) is 0 Å². The molecule has 16 aromatic rings. The van der Waals surface area contributed by atoms with Crippen LogP contribution in [0, 0.1) is 0 Å². The van der Waals surface area contributed by atoms with Gasteiger partial charge < -0.3 is 34.3 Å². The van der Waals surface area contributed by atoms with E-state index in [2.05, 4.69) is 232 Å². The number of anilines is 3. The van der Waals surface area contributed by atoms with Gasteiger partial charge in [-0.05, 0) is 348 Å². The molecule has 1 aliphatic heterocycles. The molecule has 0 spiro atoms. The van der Waals surface area contributed by atoms with Crippen LogP contribution in [-0.4, -0.2) is 304 Å². The summed E-state index contributed by atoms with van der Waals surface area (Å²) in [5, 5.41) is 59.6. The summed E-state index contributed by atoms with van der Waals surface area (Å²) < 4.78 is 2.15. The highest BCUT2D eigenvalue weighted by molar-refractivity contribution is 6.05. The number of hydrogen-bond donors (Lipinski definition) is 0. The van der Waals surface area contributed by atoms with Crippen LogP contribution < -0.4 is 14.7 Å². The highest BCUT2D eigenvalue weighted by atomic mass is 16.2. The zero-order chi connectivity index (χ0) is 101. The molecule has 0 bridgehead atoms. The maximum Gasteiger partial charge on any atom is 0.280 e. The van der Waals surface area contributed by atoms with E-state index in [0.717, 1.165) is 232 Å². The van der Waals surface area contributed by atoms with Crippen molar-refractivity contribution in [3.8, 4) is 79.7 Å². The summed E-state index contributed by atoms with van der Waals surface area (Å²) in [6.07, 6.45) is 27.9. The molecule has 2 aromatic carbocycles. The van der Waals surface area contributed by atoms with Gasteiger partial charge in [-0.15, -0.1) is 51.0 Å². The molecule has 1 amide bonds. The number of aromatic nitrogens is 21. The Bertz CT molecular complexity index is 6210. The molecule has 32 heteroatoms. The van der Waals surface area contributed by atoms with E-state index in [1.54, 1.807) is 60.4 Å². The second-order valence-corrected chi connectivity index (χ2v) is 34.9. The number of aliphatic imine (C=N–C) groups is 1. The lowest BCUT2D eigenvalue weighted by molar-refractivity contribution is -0.391. The third-order valence-electron chi connectivity index (χ3n) is 22.0. The van der Waals surface area contributed by atoms with Crippen molar-refractivity contribution in [3.63, 3.8) is 0 Å². The van der Waals surface area contributed by atoms with Gasteiger partial charge in [0.1, 0.15) is 46.1 Å². The number of rotatable bonds is 38. The third-order valence-corrected chi connectivity index (χ3v) is 22.0. The van der Waals surface area contributed by atoms with Gasteiger partial charge in [0.05, 0.1) is 69.2 Å². The Morgan fingerprint density at radius 3 is 0.881 bits per heavy atom. The van der Waals surface area contributed by atoms with E-state index in [1.807, 2.05) is 276 Å². The van der Waals surface area contributed by atoms with Crippen molar-refractivity contribution >= 4 is 35.9 Å². The lowest BCUT2D eigenvalue weighted by Gasteiger charge is -2.23. The van der Waals surface area contributed by atoms with E-state index in [4.69, 9.17) is 0 Å². The number of nitrogens with zero attached hydrogens (tertiary/aromatic N) is 31. The fraction of sp³-hybridized carbons (Fsp3) is 0.297. The van der Waals surface area contributed by atoms with Crippen LogP contribution in [0.3, 0.4) is 0 Å². The van der Waals surface area contributed by atoms with E-state index in [9.17, 15) is 4.79 Å². The number of benzene rings is 2. The standard InChI is InChI=1S/C20H21N5O.C17H15N3.C16H18N5.C15H21N5.C15H20N4.C14H19N5.C14H18N4/c1-24(2)14-15-25(20(26)16-8-4-3-5-9-16)19-12-11-18(22-23-19)17-10-6-7-13-21-17;1-2-6-14(7-3-1)9-10-15-11-12-17(20-19-15)16-8-4-5-13-18-16;1-3-9-18-15(6-1)16-8-7-14(19-20-16)5-2-4-11-21-12-10-17-13-21;1-19(2)11-6-12-20(3)15-9-8-14(17-18-15)13-7-4-5-10-16-13;1-19(2)12-6-4-7-13-9-10-15(18-17-13)14-8-3-5-11-16-14;1-18(2)10-11-19(3)14-8-7-13(16-17-14)12-6-4-5-9-15-12;1-18(2)11-5-6-12-8-9-14(17-16-12)13-7-3-4-10-15-13/h3-13H,14-15H2,1-2H3;1-8,11-13H,9-10H2;1,3,6-9,12-13H,2,4-5,10-11H2;4-5,7-10H,6,11-12H2,1-3H3;3,5,8-11H,4,6-7,12H2,1-2H3;4-9H,10-11H2,1-3H3;3-4,7-10H,5-6,11H2,1-2H3/q;;+1;;;;. The minimum atomic E-state index is -0.0904. The minimum Gasteiger partial charge on any atom is -0.358 e. The van der Waals surface area contributed by atoms with Gasteiger partial charge in [-0.2, -0.15) is 20.4 Å². The van der Waals surface area contributed by atoms with Gasteiger partial charge in [-0.1, -0.05) is 96.0 Å². The molecule has 0 saturated carbocycles. The molecule has 736 valence electrons. The average Bonchev–Trinajstić information content (AvgIpc) is 0.887. The van der Waals surface area contributed by atoms with E-state index >= 15 is 0 Å². The molecule has 0 saturated heterocycles. The SMILES string of the molecule is C1=NCC=[N+]1CCCCc1ccc(-c2ccccn2)nn1.CN(C)CCCCc1ccc(-c2ccccn2)nn1.CN(C)CCCN(C)c1ccc(-c2ccccn2)nn1.CN(C)CCCc1ccc(-c2ccccn2)nn1.CN(C)CCN(C(=O)c1ccccc1)c1ccc(-c2ccccn2)nn1.CN(C)CCN(C)c1ccc(-c2ccccn2)nn1.c1ccc(CCc2ccc(-c3ccccn3)nn2)cc1. The fourth-order valence-electron chi connectivity index (χ4n) is 13.9. The van der Waals surface area contributed by atoms with Crippen LogP contribution in [0.25, 0.3) is 79.7 Å². The second kappa shape index (κ2) is 61.0. The number of hydrogen-bond acceptors (Lipinski definition) is 30. The number of unbranched alkanes of at least 4 members (excludes halogenated alkanes) is 2. The molecule has 0 unspecified atom stereocenters. The first-order chi connectivity index (χ1) is 69.8. The number of amides is 1. The molecule has 17 rings (SSSR count). The monoisotopic (exact) mass is 1920 g/mol. The number of aryl methyl sites for hydroxylation is 5. The topological polar surface area (TPSA) is 329 Å². The Kier molecular flexibility index (Phi) is 45.9. The summed E-state index contributed by atoms with van der Waals surface area (Å²) in [5.74, 6) is 2.21. The third kappa shape index (κ3) is 39.5. The molecule has 0 radical (unpaired) electrons. The van der Waals surface area contributed by atoms with E-state index in [1.165, 1.54) is 12.0 Å². The predicted octanol–water partition coefficient (Wildman–Crippen LogP) is 16.0. The van der Waals surface area contributed by atoms with Crippen LogP contribution in [0.1, 0.15) is 77.2 Å². The van der Waals surface area contributed by atoms with Crippen molar-refractivity contribution in [1.29, 1.82) is 0 Å². The first-order valence-electron chi connectivity index (χ1n) is 48.2. The summed E-state index contributed by atoms with van der Waals surface area (Å²) in [7, 11) is 24.7. The average molecular weight is 1920 g/mol. The van der Waals surface area contributed by atoms with Crippen LogP contribution in [0.2, 0.25) is 0 Å². The fourth-order valence-corrected chi connectivity index (χ4v) is 13.9. The molecule has 0 N–H and O–H groups in total. The maximum atomic E-state index is 12.9. The van der Waals surface area contributed by atoms with Gasteiger partial charge >= 0.3 is 0 Å². The first-order valence-corrected chi connectivity index (χ1v) is 48.2. The highest BCUT2D eigenvalue weighted by Gasteiger charge is 2.21. The number of carbonyl (C=O) groups is 1. The Morgan fingerprint density at radius 2 is 0.552 bits per heavy atom. The number of likely N-dealkylation sites (N-methyl/N-ethyl adjacent to an activating group) is 3. The molecule has 1 aliphatic rings. The predicted molar refractivity (Wildman–Crippen MR) is 571 cm³/mol. The first kappa shape index (κ1) is 108. The number of pyridine rings is 7. The summed E-state index contributed by atoms with van der Waals surface area (Å²) in [6, 6.07) is 87.6. The Hall–Kier alpha value is -15.7. The number of carbonyl (C=O) groups excluding carboxylic acids is 1. The zero-order valence-electron chi connectivity index (χ0n) is 84.3. The van der Waals surface area contributed by atoms with Crippen molar-refractivity contribution in [2.75, 3.05) is 165 Å². The van der Waals surface area contributed by atoms with Crippen LogP contribution in [0.15, 0.2) is 321 Å². The van der Waals surface area contributed by atoms with Gasteiger partial charge in [0, 0.05) is 95.8 Å². The summed E-state index contributed by atoms with van der Waals surface area (Å²) in [4.78, 5) is 63.6. The smallest absolute Gasteiger partial charge is 0.280 e. The molecule has 14 aromatic heterocycles. The molecular formula is C111H132N31O+. The van der Waals surface area contributed by atoms with Gasteiger partial charge in [0.2, 0.25) is 0 Å². The van der Waals surface area contributed by atoms with E-state index < -0.39 is 0 Å². The van der Waals surface area contributed by atoms with E-state index in [0.29, 0.717) is 23.6 Å². The van der Waals surface area contributed by atoms with Crippen LogP contribution in [0.4, 0.5) is 17.5 Å². The van der Waals surface area contributed by atoms with Crippen molar-refractivity contribution < 1.29 is 9.37 Å². The van der Waals surface area contributed by atoms with E-state index in [-0.39, 0.29) is 5.91 Å². The molecule has 0 aliphatic carbocycles. The molecular weight excluding hydrogens is 1780 g/mol. The summed E-state index contributed by atoms with van der Waals surface area (Å²) >= 11 is 0. The van der Waals surface area contributed by atoms with Crippen molar-refractivity contribution in [2.24, 2.45) is 4.99 Å². The lowest BCUT2D eigenvalue weighted by Crippen LogP contribution is -2.37. The Balaban J connectivity index is 0.000000160. The summed E-state index contributed by atoms with van der Waals surface area (Å²) in [6.45, 7) is 9.25. The maximum absolute atomic E-state index is 12.9. The van der Waals surface area contributed by atoms with Gasteiger partial charge in [-0.25, -0.2) is 4.58 Å². The zero-order valence-corrected chi connectivity index (χ0v) is 84.3. The molecule has 32 nitrogen and oxygen atoms in total. The molecule has 15 heterocycles. The van der Waals surface area contributed by atoms with Gasteiger partial charge in [0.25, 0.3) is 12.2 Å². The van der Waals surface area contributed by atoms with Crippen molar-refractivity contribution in [2.45, 2.75) is 70.6 Å². The highest BCUT2D eigenvalue weighted by Crippen LogP contribution is 2.24. The van der Waals surface area contributed by atoms with Gasteiger partial charge in [0.15, 0.2) is 24.0 Å².